The quantitative estimate of drug-likeness (QED) is 0.588. The van der Waals surface area contributed by atoms with Crippen LogP contribution < -0.4 is 16.0 Å². The molecule has 0 radical (unpaired) electrons. The van der Waals surface area contributed by atoms with Crippen LogP contribution in [0, 0.1) is 0 Å². The van der Waals surface area contributed by atoms with E-state index in [0.29, 0.717) is 16.9 Å². The zero-order valence-electron chi connectivity index (χ0n) is 16.2. The van der Waals surface area contributed by atoms with E-state index in [1.807, 2.05) is 26.0 Å². The van der Waals surface area contributed by atoms with Crippen molar-refractivity contribution in [1.82, 2.24) is 5.32 Å². The van der Waals surface area contributed by atoms with Crippen molar-refractivity contribution < 1.29 is 14.4 Å². The van der Waals surface area contributed by atoms with Gasteiger partial charge in [0.15, 0.2) is 0 Å². The first-order valence-corrected chi connectivity index (χ1v) is 10.1. The van der Waals surface area contributed by atoms with Gasteiger partial charge < -0.3 is 16.0 Å². The molecule has 0 aliphatic carbocycles. The molecule has 0 aromatic heterocycles. The first-order chi connectivity index (χ1) is 13.4. The lowest BCUT2D eigenvalue weighted by atomic mass is 10.1. The molecule has 0 aliphatic rings. The summed E-state index contributed by atoms with van der Waals surface area (Å²) < 4.78 is 0. The molecule has 148 valence electrons. The van der Waals surface area contributed by atoms with Gasteiger partial charge in [0.05, 0.1) is 17.0 Å². The number of anilines is 2. The van der Waals surface area contributed by atoms with E-state index in [0.717, 1.165) is 11.3 Å². The van der Waals surface area contributed by atoms with Gasteiger partial charge in [0, 0.05) is 23.5 Å². The van der Waals surface area contributed by atoms with Gasteiger partial charge in [-0.15, -0.1) is 11.8 Å². The van der Waals surface area contributed by atoms with Gasteiger partial charge in [0.2, 0.25) is 11.8 Å². The van der Waals surface area contributed by atoms with E-state index in [2.05, 4.69) is 16.0 Å². The second-order valence-corrected chi connectivity index (χ2v) is 7.42. The summed E-state index contributed by atoms with van der Waals surface area (Å²) in [6, 6.07) is 14.3. The summed E-state index contributed by atoms with van der Waals surface area (Å²) in [4.78, 5) is 36.7. The summed E-state index contributed by atoms with van der Waals surface area (Å²) in [7, 11) is 0. The van der Waals surface area contributed by atoms with Crippen LogP contribution in [0.25, 0.3) is 0 Å². The maximum absolute atomic E-state index is 12.4. The fraction of sp³-hybridized carbons (Fsp3) is 0.286. The number of hydrogen-bond acceptors (Lipinski definition) is 4. The van der Waals surface area contributed by atoms with Gasteiger partial charge in [0.25, 0.3) is 5.91 Å². The van der Waals surface area contributed by atoms with E-state index in [1.165, 1.54) is 18.7 Å². The topological polar surface area (TPSA) is 87.3 Å². The Kier molecular flexibility index (Phi) is 8.07. The highest BCUT2D eigenvalue weighted by atomic mass is 32.2. The van der Waals surface area contributed by atoms with Crippen molar-refractivity contribution in [3.8, 4) is 0 Å². The number of carbonyl (C=O) groups excluding carboxylic acids is 3. The first-order valence-electron chi connectivity index (χ1n) is 9.09. The lowest BCUT2D eigenvalue weighted by molar-refractivity contribution is -0.114. The highest BCUT2D eigenvalue weighted by Crippen LogP contribution is 2.21. The number of nitrogens with one attached hydrogen (secondary N) is 3. The minimum atomic E-state index is -0.202. The van der Waals surface area contributed by atoms with Crippen molar-refractivity contribution in [2.24, 2.45) is 0 Å². The predicted molar refractivity (Wildman–Crippen MR) is 114 cm³/mol. The SMILES string of the molecule is CCC(C)NC(=O)c1ccccc1NC(=O)CSc1ccc(NC(C)=O)cc1. The molecule has 3 amide bonds. The Morgan fingerprint density at radius 1 is 1.00 bits per heavy atom. The predicted octanol–water partition coefficient (Wildman–Crippen LogP) is 3.90. The summed E-state index contributed by atoms with van der Waals surface area (Å²) in [6.07, 6.45) is 0.831. The van der Waals surface area contributed by atoms with Crippen LogP contribution in [0.1, 0.15) is 37.6 Å². The fourth-order valence-corrected chi connectivity index (χ4v) is 3.07. The molecule has 2 aromatic carbocycles. The molecule has 7 heteroatoms. The zero-order chi connectivity index (χ0) is 20.5. The lowest BCUT2D eigenvalue weighted by Gasteiger charge is -2.14. The normalized spacial score (nSPS) is 11.4. The molecule has 0 aliphatic heterocycles. The summed E-state index contributed by atoms with van der Waals surface area (Å²) in [5.74, 6) is -0.317. The Labute approximate surface area is 169 Å². The van der Waals surface area contributed by atoms with Gasteiger partial charge in [-0.1, -0.05) is 19.1 Å². The third-order valence-corrected chi connectivity index (χ3v) is 4.99. The highest BCUT2D eigenvalue weighted by molar-refractivity contribution is 8.00. The summed E-state index contributed by atoms with van der Waals surface area (Å²) in [5.41, 5.74) is 1.65. The van der Waals surface area contributed by atoms with Crippen molar-refractivity contribution in [1.29, 1.82) is 0 Å². The molecule has 0 bridgehead atoms. The van der Waals surface area contributed by atoms with Crippen LogP contribution in [0.15, 0.2) is 53.4 Å². The van der Waals surface area contributed by atoms with Crippen molar-refractivity contribution >= 4 is 40.9 Å². The number of benzene rings is 2. The van der Waals surface area contributed by atoms with Crippen molar-refractivity contribution in [2.75, 3.05) is 16.4 Å². The first kappa shape index (κ1) is 21.5. The molecular formula is C21H25N3O3S. The number of para-hydroxylation sites is 1. The van der Waals surface area contributed by atoms with Gasteiger partial charge in [-0.25, -0.2) is 0 Å². The Morgan fingerprint density at radius 3 is 2.32 bits per heavy atom. The fourth-order valence-electron chi connectivity index (χ4n) is 2.37. The van der Waals surface area contributed by atoms with Crippen LogP contribution in [0.3, 0.4) is 0 Å². The maximum Gasteiger partial charge on any atom is 0.253 e. The molecule has 2 rings (SSSR count). The highest BCUT2D eigenvalue weighted by Gasteiger charge is 2.14. The standard InChI is InChI=1S/C21H25N3O3S/c1-4-14(2)22-21(27)18-7-5-6-8-19(18)24-20(26)13-28-17-11-9-16(10-12-17)23-15(3)25/h5-12,14H,4,13H2,1-3H3,(H,22,27)(H,23,25)(H,24,26). The monoisotopic (exact) mass is 399 g/mol. The van der Waals surface area contributed by atoms with E-state index in [4.69, 9.17) is 0 Å². The molecule has 3 N–H and O–H groups in total. The van der Waals surface area contributed by atoms with E-state index >= 15 is 0 Å². The van der Waals surface area contributed by atoms with Gasteiger partial charge in [0.1, 0.15) is 0 Å². The molecule has 0 fully saturated rings. The molecule has 1 atom stereocenters. The zero-order valence-corrected chi connectivity index (χ0v) is 17.1. The van der Waals surface area contributed by atoms with Gasteiger partial charge in [-0.2, -0.15) is 0 Å². The molecular weight excluding hydrogens is 374 g/mol. The molecule has 2 aromatic rings. The van der Waals surface area contributed by atoms with E-state index in [9.17, 15) is 14.4 Å². The van der Waals surface area contributed by atoms with Crippen LogP contribution in [0.5, 0.6) is 0 Å². The van der Waals surface area contributed by atoms with E-state index in [1.54, 1.807) is 36.4 Å². The Balaban J connectivity index is 1.94. The second kappa shape index (κ2) is 10.5. The molecule has 0 saturated heterocycles. The van der Waals surface area contributed by atoms with Crippen LogP contribution in [-0.2, 0) is 9.59 Å². The van der Waals surface area contributed by atoms with Gasteiger partial charge >= 0.3 is 0 Å². The van der Waals surface area contributed by atoms with E-state index < -0.39 is 0 Å². The largest absolute Gasteiger partial charge is 0.350 e. The molecule has 28 heavy (non-hydrogen) atoms. The van der Waals surface area contributed by atoms with Gasteiger partial charge in [-0.05, 0) is 49.7 Å². The third-order valence-electron chi connectivity index (χ3n) is 3.98. The molecule has 0 heterocycles. The van der Waals surface area contributed by atoms with Crippen molar-refractivity contribution in [2.45, 2.75) is 38.1 Å². The number of thioether (sulfide) groups is 1. The van der Waals surface area contributed by atoms with Crippen LogP contribution >= 0.6 is 11.8 Å². The van der Waals surface area contributed by atoms with Gasteiger partial charge in [-0.3, -0.25) is 14.4 Å². The van der Waals surface area contributed by atoms with Crippen LogP contribution in [0.4, 0.5) is 11.4 Å². The summed E-state index contributed by atoms with van der Waals surface area (Å²) in [6.45, 7) is 5.39. The summed E-state index contributed by atoms with van der Waals surface area (Å²) >= 11 is 1.38. The van der Waals surface area contributed by atoms with Crippen molar-refractivity contribution in [3.63, 3.8) is 0 Å². The number of carbonyl (C=O) groups is 3. The Hall–Kier alpha value is -2.80. The maximum atomic E-state index is 12.4. The average Bonchev–Trinajstić information content (AvgIpc) is 2.67. The molecule has 1 unspecified atom stereocenters. The average molecular weight is 400 g/mol. The number of amides is 3. The molecule has 6 nitrogen and oxygen atoms in total. The third kappa shape index (κ3) is 6.74. The van der Waals surface area contributed by atoms with E-state index in [-0.39, 0.29) is 29.5 Å². The Morgan fingerprint density at radius 2 is 1.68 bits per heavy atom. The molecule has 0 spiro atoms. The number of hydrogen-bond donors (Lipinski definition) is 3. The smallest absolute Gasteiger partial charge is 0.253 e. The van der Waals surface area contributed by atoms with Crippen molar-refractivity contribution in [3.05, 3.63) is 54.1 Å². The second-order valence-electron chi connectivity index (χ2n) is 6.37. The minimum absolute atomic E-state index is 0.0623. The van der Waals surface area contributed by atoms with Crippen LogP contribution in [0.2, 0.25) is 0 Å². The lowest BCUT2D eigenvalue weighted by Crippen LogP contribution is -2.32. The molecule has 0 saturated carbocycles. The van der Waals surface area contributed by atoms with Crippen LogP contribution in [-0.4, -0.2) is 29.5 Å². The number of rotatable bonds is 8. The minimum Gasteiger partial charge on any atom is -0.350 e. The Bertz CT molecular complexity index is 837. The summed E-state index contributed by atoms with van der Waals surface area (Å²) in [5, 5.41) is 8.42.